The van der Waals surface area contributed by atoms with Crippen molar-refractivity contribution < 1.29 is 34.5 Å². The van der Waals surface area contributed by atoms with Crippen LogP contribution in [0.5, 0.6) is 5.75 Å². The molecular weight excluding hydrogens is 390 g/mol. The lowest BCUT2D eigenvalue weighted by atomic mass is 10.1. The Bertz CT molecular complexity index is 714. The number of amides is 2. The van der Waals surface area contributed by atoms with E-state index in [0.29, 0.717) is 5.75 Å². The molecule has 0 spiro atoms. The zero-order valence-corrected chi connectivity index (χ0v) is 15.8. The molecule has 10 nitrogen and oxygen atoms in total. The summed E-state index contributed by atoms with van der Waals surface area (Å²) in [6.45, 7) is -0.591. The number of rotatable bonds is 12. The molecule has 0 fully saturated rings. The summed E-state index contributed by atoms with van der Waals surface area (Å²) in [5.41, 5.74) is 6.16. The first-order chi connectivity index (χ1) is 13.2. The summed E-state index contributed by atoms with van der Waals surface area (Å²) in [6.07, 6.45) is -0.283. The van der Waals surface area contributed by atoms with E-state index in [0.717, 1.165) is 5.56 Å². The highest BCUT2D eigenvalue weighted by atomic mass is 32.2. The van der Waals surface area contributed by atoms with Crippen LogP contribution in [0.15, 0.2) is 24.3 Å². The number of hydrogen-bond donors (Lipinski definition) is 6. The molecule has 154 valence electrons. The second kappa shape index (κ2) is 11.8. The molecule has 2 atom stereocenters. The van der Waals surface area contributed by atoms with Crippen LogP contribution in [-0.4, -0.2) is 63.5 Å². The Balaban J connectivity index is 2.61. The predicted octanol–water partition coefficient (Wildman–Crippen LogP) is -0.497. The molecule has 0 aliphatic rings. The number of carboxylic acid groups (broad SMARTS) is 2. The molecule has 0 bridgehead atoms. The van der Waals surface area contributed by atoms with E-state index in [1.54, 1.807) is 18.2 Å². The van der Waals surface area contributed by atoms with Crippen molar-refractivity contribution in [2.45, 2.75) is 30.7 Å². The molecule has 1 aromatic rings. The molecule has 1 rings (SSSR count). The van der Waals surface area contributed by atoms with Gasteiger partial charge < -0.3 is 31.7 Å². The molecule has 0 saturated carbocycles. The number of thioether (sulfide) groups is 1. The fourth-order valence-electron chi connectivity index (χ4n) is 2.09. The molecule has 0 unspecified atom stereocenters. The van der Waals surface area contributed by atoms with Gasteiger partial charge in [0.15, 0.2) is 0 Å². The van der Waals surface area contributed by atoms with E-state index in [-0.39, 0.29) is 24.3 Å². The SMILES string of the molecule is N[C@@H](CCC(=O)N[C@@H](CSCc1cccc(O)c1)C(=O)NCC(=O)O)C(=O)O. The smallest absolute Gasteiger partial charge is 0.322 e. The van der Waals surface area contributed by atoms with Gasteiger partial charge in [0.25, 0.3) is 0 Å². The van der Waals surface area contributed by atoms with Crippen molar-refractivity contribution in [1.82, 2.24) is 10.6 Å². The zero-order chi connectivity index (χ0) is 21.1. The van der Waals surface area contributed by atoms with Crippen LogP contribution in [0.2, 0.25) is 0 Å². The molecule has 0 aromatic heterocycles. The molecule has 0 radical (unpaired) electrons. The highest BCUT2D eigenvalue weighted by Gasteiger charge is 2.22. The van der Waals surface area contributed by atoms with Crippen LogP contribution in [0.1, 0.15) is 18.4 Å². The standard InChI is InChI=1S/C17H23N3O7S/c18-12(17(26)27)4-5-14(22)20-13(16(25)19-7-15(23)24)9-28-8-10-2-1-3-11(21)6-10/h1-3,6,12-13,21H,4-5,7-9,18H2,(H,19,25)(H,20,22)(H,23,24)(H,26,27)/t12-,13-/m0/s1. The Hall–Kier alpha value is -2.79. The molecule has 7 N–H and O–H groups in total. The van der Waals surface area contributed by atoms with Gasteiger partial charge in [0.05, 0.1) is 0 Å². The van der Waals surface area contributed by atoms with Crippen molar-refractivity contribution in [3.63, 3.8) is 0 Å². The van der Waals surface area contributed by atoms with Crippen LogP contribution < -0.4 is 16.4 Å². The van der Waals surface area contributed by atoms with E-state index in [9.17, 15) is 24.3 Å². The minimum absolute atomic E-state index is 0.0962. The van der Waals surface area contributed by atoms with E-state index >= 15 is 0 Å². The van der Waals surface area contributed by atoms with Gasteiger partial charge in [-0.2, -0.15) is 11.8 Å². The van der Waals surface area contributed by atoms with E-state index < -0.39 is 42.4 Å². The summed E-state index contributed by atoms with van der Waals surface area (Å²) in [5.74, 6) is -2.97. The third kappa shape index (κ3) is 9.24. The summed E-state index contributed by atoms with van der Waals surface area (Å²) in [6, 6.07) is 4.37. The molecule has 0 saturated heterocycles. The van der Waals surface area contributed by atoms with E-state index in [2.05, 4.69) is 10.6 Å². The number of aliphatic carboxylic acids is 2. The largest absolute Gasteiger partial charge is 0.508 e. The van der Waals surface area contributed by atoms with Crippen LogP contribution in [0.25, 0.3) is 0 Å². The fourth-order valence-corrected chi connectivity index (χ4v) is 3.09. The number of carboxylic acids is 2. The summed E-state index contributed by atoms with van der Waals surface area (Å²) < 4.78 is 0. The van der Waals surface area contributed by atoms with Gasteiger partial charge in [0, 0.05) is 17.9 Å². The number of phenols is 1. The summed E-state index contributed by atoms with van der Waals surface area (Å²) in [5, 5.41) is 31.5. The number of carbonyl (C=O) groups excluding carboxylic acids is 2. The lowest BCUT2D eigenvalue weighted by Gasteiger charge is -2.18. The Morgan fingerprint density at radius 2 is 1.89 bits per heavy atom. The molecule has 0 heterocycles. The number of hydrogen-bond acceptors (Lipinski definition) is 7. The average Bonchev–Trinajstić information content (AvgIpc) is 2.63. The fraction of sp³-hybridized carbons (Fsp3) is 0.412. The molecule has 2 amide bonds. The van der Waals surface area contributed by atoms with Gasteiger partial charge in [0.2, 0.25) is 11.8 Å². The van der Waals surface area contributed by atoms with Crippen LogP contribution in [0.4, 0.5) is 0 Å². The first kappa shape index (κ1) is 23.2. The average molecular weight is 413 g/mol. The van der Waals surface area contributed by atoms with Gasteiger partial charge in [-0.05, 0) is 24.1 Å². The molecular formula is C17H23N3O7S. The third-order valence-electron chi connectivity index (χ3n) is 3.53. The molecule has 1 aromatic carbocycles. The van der Waals surface area contributed by atoms with Crippen molar-refractivity contribution in [1.29, 1.82) is 0 Å². The van der Waals surface area contributed by atoms with Crippen molar-refractivity contribution >= 4 is 35.5 Å². The Labute approximate surface area is 165 Å². The van der Waals surface area contributed by atoms with E-state index in [1.807, 2.05) is 0 Å². The second-order valence-corrected chi connectivity index (χ2v) is 6.93. The quantitative estimate of drug-likeness (QED) is 0.263. The van der Waals surface area contributed by atoms with Crippen LogP contribution in [0.3, 0.4) is 0 Å². The topological polar surface area (TPSA) is 179 Å². The van der Waals surface area contributed by atoms with Gasteiger partial charge >= 0.3 is 11.9 Å². The summed E-state index contributed by atoms with van der Waals surface area (Å²) in [4.78, 5) is 45.5. The highest BCUT2D eigenvalue weighted by Crippen LogP contribution is 2.17. The Kier molecular flexibility index (Phi) is 9.82. The highest BCUT2D eigenvalue weighted by molar-refractivity contribution is 7.98. The normalized spacial score (nSPS) is 12.6. The van der Waals surface area contributed by atoms with Crippen molar-refractivity contribution in [3.05, 3.63) is 29.8 Å². The van der Waals surface area contributed by atoms with Crippen molar-refractivity contribution in [3.8, 4) is 5.75 Å². The number of nitrogens with two attached hydrogens (primary N) is 1. The first-order valence-corrected chi connectivity index (χ1v) is 9.47. The number of phenolic OH excluding ortho intramolecular Hbond substituents is 1. The maximum atomic E-state index is 12.2. The van der Waals surface area contributed by atoms with E-state index in [4.69, 9.17) is 15.9 Å². The third-order valence-corrected chi connectivity index (χ3v) is 4.64. The number of carbonyl (C=O) groups is 4. The van der Waals surface area contributed by atoms with E-state index in [1.165, 1.54) is 17.8 Å². The lowest BCUT2D eigenvalue weighted by molar-refractivity contribution is -0.139. The molecule has 0 aliphatic carbocycles. The summed E-state index contributed by atoms with van der Waals surface area (Å²) >= 11 is 1.30. The second-order valence-electron chi connectivity index (χ2n) is 5.90. The molecule has 11 heteroatoms. The lowest BCUT2D eigenvalue weighted by Crippen LogP contribution is -2.49. The number of aromatic hydroxyl groups is 1. The van der Waals surface area contributed by atoms with Crippen molar-refractivity contribution in [2.75, 3.05) is 12.3 Å². The maximum Gasteiger partial charge on any atom is 0.322 e. The van der Waals surface area contributed by atoms with Gasteiger partial charge in [-0.25, -0.2) is 0 Å². The summed E-state index contributed by atoms with van der Waals surface area (Å²) in [7, 11) is 0. The predicted molar refractivity (Wildman–Crippen MR) is 102 cm³/mol. The number of benzene rings is 1. The van der Waals surface area contributed by atoms with Gasteiger partial charge in [0.1, 0.15) is 24.4 Å². The molecule has 28 heavy (non-hydrogen) atoms. The van der Waals surface area contributed by atoms with Crippen LogP contribution in [-0.2, 0) is 24.9 Å². The molecule has 0 aliphatic heterocycles. The minimum atomic E-state index is -1.23. The van der Waals surface area contributed by atoms with Gasteiger partial charge in [-0.3, -0.25) is 19.2 Å². The van der Waals surface area contributed by atoms with Crippen LogP contribution >= 0.6 is 11.8 Å². The monoisotopic (exact) mass is 413 g/mol. The van der Waals surface area contributed by atoms with Gasteiger partial charge in [-0.15, -0.1) is 0 Å². The Morgan fingerprint density at radius 1 is 1.18 bits per heavy atom. The minimum Gasteiger partial charge on any atom is -0.508 e. The van der Waals surface area contributed by atoms with Crippen molar-refractivity contribution in [2.24, 2.45) is 5.73 Å². The first-order valence-electron chi connectivity index (χ1n) is 8.32. The number of nitrogens with one attached hydrogen (secondary N) is 2. The van der Waals surface area contributed by atoms with Crippen LogP contribution in [0, 0.1) is 0 Å². The maximum absolute atomic E-state index is 12.2. The van der Waals surface area contributed by atoms with Gasteiger partial charge in [-0.1, -0.05) is 12.1 Å². The zero-order valence-electron chi connectivity index (χ0n) is 15.0. The Morgan fingerprint density at radius 3 is 2.50 bits per heavy atom.